The van der Waals surface area contributed by atoms with Crippen LogP contribution in [0.25, 0.3) is 11.0 Å². The molecule has 0 bridgehead atoms. The average molecular weight is 292 g/mol. The Kier molecular flexibility index (Phi) is 3.92. The molecule has 1 N–H and O–H groups in total. The zero-order chi connectivity index (χ0) is 14.1. The van der Waals surface area contributed by atoms with Gasteiger partial charge in [0.05, 0.1) is 11.0 Å². The standard InChI is InChI=1S/C16H21FN2S/c1-2-14(11-6-4-3-5-7-11)19-15-9-8-12(17)10-13(15)18-16(19)20/h8-11,14H,2-7H2,1H3,(H,18,20). The third kappa shape index (κ3) is 2.41. The number of benzene rings is 1. The maximum Gasteiger partial charge on any atom is 0.178 e. The lowest BCUT2D eigenvalue weighted by Crippen LogP contribution is -2.21. The van der Waals surface area contributed by atoms with E-state index in [9.17, 15) is 4.39 Å². The fourth-order valence-electron chi connectivity index (χ4n) is 3.68. The van der Waals surface area contributed by atoms with Gasteiger partial charge in [-0.1, -0.05) is 26.2 Å². The van der Waals surface area contributed by atoms with E-state index in [1.807, 2.05) is 6.07 Å². The maximum absolute atomic E-state index is 13.4. The van der Waals surface area contributed by atoms with Gasteiger partial charge in [0.2, 0.25) is 0 Å². The first-order valence-corrected chi connectivity index (χ1v) is 8.01. The molecule has 2 aromatic rings. The van der Waals surface area contributed by atoms with E-state index >= 15 is 0 Å². The number of H-pyrrole nitrogens is 1. The monoisotopic (exact) mass is 292 g/mol. The van der Waals surface area contributed by atoms with Crippen LogP contribution in [0.2, 0.25) is 0 Å². The second-order valence-electron chi connectivity index (χ2n) is 5.84. The lowest BCUT2D eigenvalue weighted by Gasteiger charge is -2.31. The van der Waals surface area contributed by atoms with Crippen LogP contribution in [0.5, 0.6) is 0 Å². The van der Waals surface area contributed by atoms with Crippen LogP contribution in [0.3, 0.4) is 0 Å². The molecule has 0 radical (unpaired) electrons. The number of imidazole rings is 1. The first-order valence-electron chi connectivity index (χ1n) is 7.60. The number of nitrogens with zero attached hydrogens (tertiary/aromatic N) is 1. The largest absolute Gasteiger partial charge is 0.330 e. The number of hydrogen-bond donors (Lipinski definition) is 1. The van der Waals surface area contributed by atoms with Gasteiger partial charge in [-0.2, -0.15) is 0 Å². The van der Waals surface area contributed by atoms with Crippen LogP contribution in [0.1, 0.15) is 51.5 Å². The van der Waals surface area contributed by atoms with Crippen molar-refractivity contribution in [2.75, 3.05) is 0 Å². The van der Waals surface area contributed by atoms with Crippen LogP contribution in [0.4, 0.5) is 4.39 Å². The predicted molar refractivity (Wildman–Crippen MR) is 83.0 cm³/mol. The van der Waals surface area contributed by atoms with E-state index < -0.39 is 0 Å². The summed E-state index contributed by atoms with van der Waals surface area (Å²) < 4.78 is 16.3. The summed E-state index contributed by atoms with van der Waals surface area (Å²) in [5, 5.41) is 0. The van der Waals surface area contributed by atoms with Gasteiger partial charge in [0, 0.05) is 6.04 Å². The minimum absolute atomic E-state index is 0.216. The SMILES string of the molecule is CCC(C1CCCCC1)n1c(=S)[nH]c2cc(F)ccc21. The number of halogens is 1. The van der Waals surface area contributed by atoms with Crippen molar-refractivity contribution in [1.82, 2.24) is 9.55 Å². The third-order valence-corrected chi connectivity index (χ3v) is 4.92. The molecule has 1 saturated carbocycles. The Morgan fingerprint density at radius 1 is 1.35 bits per heavy atom. The summed E-state index contributed by atoms with van der Waals surface area (Å²) in [6.07, 6.45) is 7.65. The zero-order valence-electron chi connectivity index (χ0n) is 11.9. The topological polar surface area (TPSA) is 20.7 Å². The quantitative estimate of drug-likeness (QED) is 0.754. The van der Waals surface area contributed by atoms with E-state index in [4.69, 9.17) is 12.2 Å². The number of aromatic amines is 1. The minimum atomic E-state index is -0.216. The van der Waals surface area contributed by atoms with Crippen LogP contribution >= 0.6 is 12.2 Å². The molecule has 1 atom stereocenters. The predicted octanol–water partition coefficient (Wildman–Crippen LogP) is 5.37. The summed E-state index contributed by atoms with van der Waals surface area (Å²) in [6, 6.07) is 5.34. The molecule has 108 valence electrons. The molecule has 1 aromatic carbocycles. The lowest BCUT2D eigenvalue weighted by molar-refractivity contribution is 0.245. The summed E-state index contributed by atoms with van der Waals surface area (Å²) in [5.74, 6) is 0.483. The van der Waals surface area contributed by atoms with Gasteiger partial charge < -0.3 is 9.55 Å². The Balaban J connectivity index is 2.06. The smallest absolute Gasteiger partial charge is 0.178 e. The van der Waals surface area contributed by atoms with Crippen molar-refractivity contribution in [3.63, 3.8) is 0 Å². The molecule has 0 saturated heterocycles. The average Bonchev–Trinajstić information content (AvgIpc) is 2.77. The number of hydrogen-bond acceptors (Lipinski definition) is 1. The summed E-state index contributed by atoms with van der Waals surface area (Å²) in [7, 11) is 0. The van der Waals surface area contributed by atoms with Crippen LogP contribution < -0.4 is 0 Å². The van der Waals surface area contributed by atoms with Crippen molar-refractivity contribution < 1.29 is 4.39 Å². The number of aromatic nitrogens is 2. The highest BCUT2D eigenvalue weighted by Crippen LogP contribution is 2.36. The molecule has 1 unspecified atom stereocenters. The normalized spacial score (nSPS) is 18.5. The Morgan fingerprint density at radius 3 is 2.80 bits per heavy atom. The van der Waals surface area contributed by atoms with E-state index in [0.29, 0.717) is 12.0 Å². The first kappa shape index (κ1) is 13.8. The van der Waals surface area contributed by atoms with Gasteiger partial charge in [0.15, 0.2) is 4.77 Å². The Labute approximate surface area is 124 Å². The van der Waals surface area contributed by atoms with Gasteiger partial charge in [-0.15, -0.1) is 0 Å². The lowest BCUT2D eigenvalue weighted by atomic mass is 9.83. The highest BCUT2D eigenvalue weighted by Gasteiger charge is 2.25. The molecule has 3 rings (SSSR count). The van der Waals surface area contributed by atoms with Crippen molar-refractivity contribution in [2.24, 2.45) is 5.92 Å². The van der Waals surface area contributed by atoms with Crippen molar-refractivity contribution >= 4 is 23.3 Å². The van der Waals surface area contributed by atoms with Gasteiger partial charge in [-0.05, 0) is 55.6 Å². The molecule has 2 nitrogen and oxygen atoms in total. The zero-order valence-corrected chi connectivity index (χ0v) is 12.7. The van der Waals surface area contributed by atoms with Crippen LogP contribution in [-0.2, 0) is 0 Å². The van der Waals surface area contributed by atoms with Gasteiger partial charge in [0.25, 0.3) is 0 Å². The minimum Gasteiger partial charge on any atom is -0.330 e. The number of fused-ring (bicyclic) bond motifs is 1. The van der Waals surface area contributed by atoms with E-state index in [-0.39, 0.29) is 5.82 Å². The van der Waals surface area contributed by atoms with Crippen LogP contribution in [0, 0.1) is 16.5 Å². The molecular formula is C16H21FN2S. The fourth-order valence-corrected chi connectivity index (χ4v) is 4.02. The fraction of sp³-hybridized carbons (Fsp3) is 0.562. The Bertz CT molecular complexity index is 652. The number of rotatable bonds is 3. The van der Waals surface area contributed by atoms with Crippen molar-refractivity contribution in [3.05, 3.63) is 28.8 Å². The van der Waals surface area contributed by atoms with Gasteiger partial charge in [-0.25, -0.2) is 4.39 Å². The Morgan fingerprint density at radius 2 is 2.10 bits per heavy atom. The molecule has 0 spiro atoms. The molecule has 1 heterocycles. The molecule has 1 fully saturated rings. The van der Waals surface area contributed by atoms with Crippen molar-refractivity contribution in [1.29, 1.82) is 0 Å². The van der Waals surface area contributed by atoms with E-state index in [2.05, 4.69) is 16.5 Å². The molecule has 1 aromatic heterocycles. The summed E-state index contributed by atoms with van der Waals surface area (Å²) in [6.45, 7) is 2.23. The highest BCUT2D eigenvalue weighted by atomic mass is 32.1. The first-order chi connectivity index (χ1) is 9.70. The Hall–Kier alpha value is -1.16. The van der Waals surface area contributed by atoms with Crippen molar-refractivity contribution in [3.8, 4) is 0 Å². The van der Waals surface area contributed by atoms with Gasteiger partial charge in [0.1, 0.15) is 5.82 Å². The van der Waals surface area contributed by atoms with E-state index in [0.717, 1.165) is 22.2 Å². The van der Waals surface area contributed by atoms with E-state index in [1.165, 1.54) is 44.2 Å². The highest BCUT2D eigenvalue weighted by molar-refractivity contribution is 7.71. The van der Waals surface area contributed by atoms with Crippen LogP contribution in [0.15, 0.2) is 18.2 Å². The molecule has 0 amide bonds. The molecule has 0 aliphatic heterocycles. The second kappa shape index (κ2) is 5.68. The molecule has 1 aliphatic carbocycles. The molecular weight excluding hydrogens is 271 g/mol. The second-order valence-corrected chi connectivity index (χ2v) is 6.22. The van der Waals surface area contributed by atoms with Crippen LogP contribution in [-0.4, -0.2) is 9.55 Å². The maximum atomic E-state index is 13.4. The van der Waals surface area contributed by atoms with Gasteiger partial charge >= 0.3 is 0 Å². The summed E-state index contributed by atoms with van der Waals surface area (Å²) >= 11 is 5.49. The summed E-state index contributed by atoms with van der Waals surface area (Å²) in [4.78, 5) is 3.16. The van der Waals surface area contributed by atoms with Crippen molar-refractivity contribution in [2.45, 2.75) is 51.5 Å². The number of nitrogens with one attached hydrogen (secondary N) is 1. The molecule has 20 heavy (non-hydrogen) atoms. The summed E-state index contributed by atoms with van der Waals surface area (Å²) in [5.41, 5.74) is 1.85. The van der Waals surface area contributed by atoms with E-state index in [1.54, 1.807) is 0 Å². The third-order valence-electron chi connectivity index (χ3n) is 4.62. The molecule has 1 aliphatic rings. The van der Waals surface area contributed by atoms with Gasteiger partial charge in [-0.3, -0.25) is 0 Å². The molecule has 4 heteroatoms.